The van der Waals surface area contributed by atoms with E-state index in [4.69, 9.17) is 16.3 Å². The Kier molecular flexibility index (Phi) is 6.84. The first-order valence-electron chi connectivity index (χ1n) is 7.00. The van der Waals surface area contributed by atoms with Crippen LogP contribution < -0.4 is 5.32 Å². The summed E-state index contributed by atoms with van der Waals surface area (Å²) in [7, 11) is 1.78. The van der Waals surface area contributed by atoms with Gasteiger partial charge in [-0.15, -0.1) is 0 Å². The Morgan fingerprint density at radius 1 is 1.26 bits per heavy atom. The second kappa shape index (κ2) is 7.88. The molecular formula is C16H26ClNO. The molecule has 0 amide bonds. The molecule has 0 aliphatic heterocycles. The second-order valence-corrected chi connectivity index (χ2v) is 6.09. The average molecular weight is 284 g/mol. The van der Waals surface area contributed by atoms with Crippen molar-refractivity contribution < 1.29 is 4.74 Å². The van der Waals surface area contributed by atoms with E-state index in [0.29, 0.717) is 6.04 Å². The van der Waals surface area contributed by atoms with Crippen LogP contribution in [0.1, 0.15) is 39.2 Å². The molecule has 1 atom stereocenters. The first kappa shape index (κ1) is 16.5. The van der Waals surface area contributed by atoms with E-state index in [1.165, 1.54) is 5.56 Å². The number of hydrogen-bond acceptors (Lipinski definition) is 2. The predicted molar refractivity (Wildman–Crippen MR) is 82.9 cm³/mol. The summed E-state index contributed by atoms with van der Waals surface area (Å²) in [5, 5.41) is 4.40. The number of ether oxygens (including phenoxy) is 1. The van der Waals surface area contributed by atoms with Gasteiger partial charge in [-0.25, -0.2) is 0 Å². The highest BCUT2D eigenvalue weighted by Gasteiger charge is 2.22. The first-order valence-corrected chi connectivity index (χ1v) is 7.37. The van der Waals surface area contributed by atoms with Crippen molar-refractivity contribution in [2.75, 3.05) is 13.7 Å². The lowest BCUT2D eigenvalue weighted by molar-refractivity contribution is 0.00714. The average Bonchev–Trinajstić information content (AvgIpc) is 2.38. The maximum atomic E-state index is 5.93. The minimum absolute atomic E-state index is 0.0994. The topological polar surface area (TPSA) is 21.3 Å². The third-order valence-electron chi connectivity index (χ3n) is 3.37. The number of methoxy groups -OCH3 is 1. The molecule has 1 N–H and O–H groups in total. The predicted octanol–water partition coefficient (Wildman–Crippen LogP) is 4.07. The number of hydrogen-bond donors (Lipinski definition) is 1. The summed E-state index contributed by atoms with van der Waals surface area (Å²) in [6, 6.07) is 8.53. The van der Waals surface area contributed by atoms with Gasteiger partial charge in [0.15, 0.2) is 0 Å². The molecule has 1 aromatic carbocycles. The Bertz CT molecular complexity index is 362. The zero-order valence-electron chi connectivity index (χ0n) is 12.5. The van der Waals surface area contributed by atoms with Crippen LogP contribution in [-0.2, 0) is 11.2 Å². The molecule has 1 rings (SSSR count). The Morgan fingerprint density at radius 3 is 2.42 bits per heavy atom. The van der Waals surface area contributed by atoms with Crippen molar-refractivity contribution in [2.45, 2.75) is 51.7 Å². The van der Waals surface area contributed by atoms with Crippen LogP contribution in [-0.4, -0.2) is 25.3 Å². The van der Waals surface area contributed by atoms with Crippen LogP contribution in [0, 0.1) is 0 Å². The summed E-state index contributed by atoms with van der Waals surface area (Å²) in [5.41, 5.74) is 1.21. The normalized spacial score (nSPS) is 13.5. The van der Waals surface area contributed by atoms with Crippen LogP contribution in [0.5, 0.6) is 0 Å². The monoisotopic (exact) mass is 283 g/mol. The van der Waals surface area contributed by atoms with E-state index < -0.39 is 0 Å². The third-order valence-corrected chi connectivity index (χ3v) is 3.62. The Labute approximate surface area is 122 Å². The number of benzene rings is 1. The molecule has 2 nitrogen and oxygen atoms in total. The van der Waals surface area contributed by atoms with Crippen LogP contribution in [0.2, 0.25) is 5.02 Å². The molecule has 1 aromatic rings. The van der Waals surface area contributed by atoms with Gasteiger partial charge >= 0.3 is 0 Å². The first-order chi connectivity index (χ1) is 8.96. The molecule has 3 heteroatoms. The van der Waals surface area contributed by atoms with Gasteiger partial charge in [-0.1, -0.05) is 30.7 Å². The molecule has 0 bridgehead atoms. The Balaban J connectivity index is 2.65. The molecule has 108 valence electrons. The van der Waals surface area contributed by atoms with E-state index in [0.717, 1.165) is 30.8 Å². The van der Waals surface area contributed by atoms with Gasteiger partial charge in [0.25, 0.3) is 0 Å². The largest absolute Gasteiger partial charge is 0.379 e. The van der Waals surface area contributed by atoms with Crippen molar-refractivity contribution in [3.8, 4) is 0 Å². The second-order valence-electron chi connectivity index (χ2n) is 5.65. The fourth-order valence-corrected chi connectivity index (χ4v) is 2.27. The standard InChI is InChI=1S/C16H26ClNO/c1-5-10-18-15(12-16(2,3)19-4)11-13-6-8-14(17)9-7-13/h6-9,15,18H,5,10-12H2,1-4H3. The van der Waals surface area contributed by atoms with Gasteiger partial charge in [-0.2, -0.15) is 0 Å². The lowest BCUT2D eigenvalue weighted by atomic mass is 9.94. The van der Waals surface area contributed by atoms with Gasteiger partial charge in [0.2, 0.25) is 0 Å². The molecule has 0 fully saturated rings. The van der Waals surface area contributed by atoms with Crippen molar-refractivity contribution in [1.29, 1.82) is 0 Å². The maximum absolute atomic E-state index is 5.93. The fraction of sp³-hybridized carbons (Fsp3) is 0.625. The van der Waals surface area contributed by atoms with E-state index in [2.05, 4.69) is 38.2 Å². The van der Waals surface area contributed by atoms with Crippen LogP contribution in [0.3, 0.4) is 0 Å². The number of rotatable bonds is 8. The summed E-state index contributed by atoms with van der Waals surface area (Å²) in [6.07, 6.45) is 3.14. The van der Waals surface area contributed by atoms with E-state index >= 15 is 0 Å². The van der Waals surface area contributed by atoms with Gasteiger partial charge in [-0.3, -0.25) is 0 Å². The zero-order valence-corrected chi connectivity index (χ0v) is 13.3. The highest BCUT2D eigenvalue weighted by Crippen LogP contribution is 2.19. The van der Waals surface area contributed by atoms with Crippen molar-refractivity contribution in [3.05, 3.63) is 34.9 Å². The van der Waals surface area contributed by atoms with Crippen LogP contribution in [0.15, 0.2) is 24.3 Å². The van der Waals surface area contributed by atoms with E-state index in [-0.39, 0.29) is 5.60 Å². The summed E-state index contributed by atoms with van der Waals surface area (Å²) < 4.78 is 5.54. The van der Waals surface area contributed by atoms with Gasteiger partial charge < -0.3 is 10.1 Å². The smallest absolute Gasteiger partial charge is 0.0637 e. The van der Waals surface area contributed by atoms with Gasteiger partial charge in [-0.05, 0) is 57.4 Å². The summed E-state index contributed by atoms with van der Waals surface area (Å²) in [5.74, 6) is 0. The minimum Gasteiger partial charge on any atom is -0.379 e. The van der Waals surface area contributed by atoms with Gasteiger partial charge in [0.1, 0.15) is 0 Å². The molecule has 0 heterocycles. The number of nitrogens with one attached hydrogen (secondary N) is 1. The SMILES string of the molecule is CCCNC(Cc1ccc(Cl)cc1)CC(C)(C)OC. The molecule has 0 aliphatic rings. The molecule has 0 aromatic heterocycles. The molecule has 0 saturated carbocycles. The molecule has 0 saturated heterocycles. The Morgan fingerprint density at radius 2 is 1.89 bits per heavy atom. The van der Waals surface area contributed by atoms with Gasteiger partial charge in [0.05, 0.1) is 5.60 Å². The summed E-state index contributed by atoms with van der Waals surface area (Å²) >= 11 is 5.93. The van der Waals surface area contributed by atoms with Gasteiger partial charge in [0, 0.05) is 18.2 Å². The van der Waals surface area contributed by atoms with Crippen LogP contribution >= 0.6 is 11.6 Å². The Hall–Kier alpha value is -0.570. The van der Waals surface area contributed by atoms with Crippen molar-refractivity contribution >= 4 is 11.6 Å². The quantitative estimate of drug-likeness (QED) is 0.777. The highest BCUT2D eigenvalue weighted by atomic mass is 35.5. The lowest BCUT2D eigenvalue weighted by Crippen LogP contribution is -2.39. The van der Waals surface area contributed by atoms with E-state index in [1.54, 1.807) is 7.11 Å². The zero-order chi connectivity index (χ0) is 14.3. The summed E-state index contributed by atoms with van der Waals surface area (Å²) in [4.78, 5) is 0. The van der Waals surface area contributed by atoms with Crippen molar-refractivity contribution in [3.63, 3.8) is 0 Å². The third kappa shape index (κ3) is 6.42. The fourth-order valence-electron chi connectivity index (χ4n) is 2.15. The molecule has 0 radical (unpaired) electrons. The number of halogens is 1. The molecular weight excluding hydrogens is 258 g/mol. The summed E-state index contributed by atoms with van der Waals surface area (Å²) in [6.45, 7) is 7.50. The van der Waals surface area contributed by atoms with Crippen molar-refractivity contribution in [2.24, 2.45) is 0 Å². The molecule has 1 unspecified atom stereocenters. The minimum atomic E-state index is -0.0994. The van der Waals surface area contributed by atoms with Crippen LogP contribution in [0.25, 0.3) is 0 Å². The highest BCUT2D eigenvalue weighted by molar-refractivity contribution is 6.30. The molecule has 19 heavy (non-hydrogen) atoms. The molecule has 0 aliphatic carbocycles. The maximum Gasteiger partial charge on any atom is 0.0637 e. The van der Waals surface area contributed by atoms with Crippen LogP contribution in [0.4, 0.5) is 0 Å². The molecule has 0 spiro atoms. The van der Waals surface area contributed by atoms with E-state index in [1.807, 2.05) is 12.1 Å². The van der Waals surface area contributed by atoms with Crippen molar-refractivity contribution in [1.82, 2.24) is 5.32 Å². The lowest BCUT2D eigenvalue weighted by Gasteiger charge is -2.29. The van der Waals surface area contributed by atoms with E-state index in [9.17, 15) is 0 Å².